The van der Waals surface area contributed by atoms with Crippen LogP contribution in [0.3, 0.4) is 0 Å². The van der Waals surface area contributed by atoms with Gasteiger partial charge < -0.3 is 14.3 Å². The number of rotatable bonds is 4. The quantitative estimate of drug-likeness (QED) is 0.925. The molecule has 2 aromatic rings. The highest BCUT2D eigenvalue weighted by molar-refractivity contribution is 5.87. The molecule has 0 unspecified atom stereocenters. The van der Waals surface area contributed by atoms with Gasteiger partial charge in [0.25, 0.3) is 0 Å². The lowest BCUT2D eigenvalue weighted by molar-refractivity contribution is 0.0689. The molecule has 5 nitrogen and oxygen atoms in total. The molecule has 0 radical (unpaired) electrons. The predicted molar refractivity (Wildman–Crippen MR) is 74.1 cm³/mol. The highest BCUT2D eigenvalue weighted by Crippen LogP contribution is 2.27. The fourth-order valence-corrected chi connectivity index (χ4v) is 1.89. The predicted octanol–water partition coefficient (Wildman–Crippen LogP) is 3.44. The Labute approximate surface area is 117 Å². The van der Waals surface area contributed by atoms with Gasteiger partial charge in [0, 0.05) is 5.56 Å². The number of carboxylic acid groups (broad SMARTS) is 1. The summed E-state index contributed by atoms with van der Waals surface area (Å²) >= 11 is 0. The van der Waals surface area contributed by atoms with Gasteiger partial charge in [-0.1, -0.05) is 0 Å². The summed E-state index contributed by atoms with van der Waals surface area (Å²) in [6.07, 6.45) is 0.0992. The van der Waals surface area contributed by atoms with Crippen LogP contribution < -0.4 is 4.74 Å². The van der Waals surface area contributed by atoms with Crippen LogP contribution in [0.15, 0.2) is 22.6 Å². The number of hydrogen-bond acceptors (Lipinski definition) is 4. The summed E-state index contributed by atoms with van der Waals surface area (Å²) in [7, 11) is 0. The smallest absolute Gasteiger partial charge is 0.358 e. The Morgan fingerprint density at radius 2 is 2.05 bits per heavy atom. The van der Waals surface area contributed by atoms with Crippen LogP contribution >= 0.6 is 0 Å². The molecule has 0 saturated heterocycles. The van der Waals surface area contributed by atoms with Crippen LogP contribution in [0.1, 0.15) is 35.7 Å². The molecule has 20 heavy (non-hydrogen) atoms. The van der Waals surface area contributed by atoms with Gasteiger partial charge in [-0.05, 0) is 51.5 Å². The first-order chi connectivity index (χ1) is 9.38. The van der Waals surface area contributed by atoms with Crippen LogP contribution in [0, 0.1) is 13.8 Å². The number of carboxylic acids is 1. The molecular weight excluding hydrogens is 258 g/mol. The Kier molecular flexibility index (Phi) is 3.79. The lowest BCUT2D eigenvalue weighted by Crippen LogP contribution is -2.06. The highest BCUT2D eigenvalue weighted by atomic mass is 16.5. The summed E-state index contributed by atoms with van der Waals surface area (Å²) < 4.78 is 11.1. The van der Waals surface area contributed by atoms with Gasteiger partial charge >= 0.3 is 5.97 Å². The van der Waals surface area contributed by atoms with Gasteiger partial charge in [0.15, 0.2) is 5.69 Å². The molecule has 0 aliphatic carbocycles. The molecule has 0 bridgehead atoms. The third-order valence-corrected chi connectivity index (χ3v) is 2.78. The van der Waals surface area contributed by atoms with Crippen molar-refractivity contribution >= 4 is 5.97 Å². The Morgan fingerprint density at radius 1 is 1.35 bits per heavy atom. The van der Waals surface area contributed by atoms with E-state index in [4.69, 9.17) is 14.3 Å². The third kappa shape index (κ3) is 2.82. The Balaban J connectivity index is 2.36. The first-order valence-electron chi connectivity index (χ1n) is 6.37. The number of oxazole rings is 1. The van der Waals surface area contributed by atoms with E-state index in [2.05, 4.69) is 4.98 Å². The van der Waals surface area contributed by atoms with Gasteiger partial charge in [0.1, 0.15) is 11.5 Å². The molecule has 106 valence electrons. The second-order valence-corrected chi connectivity index (χ2v) is 4.88. The molecule has 1 aromatic carbocycles. The van der Waals surface area contributed by atoms with E-state index in [9.17, 15) is 4.79 Å². The maximum atomic E-state index is 11.0. The molecule has 0 spiro atoms. The standard InChI is InChI=1S/C15H17NO4/c1-8(2)19-12-6-5-11(7-9(12)3)14-16-13(15(17)18)10(4)20-14/h5-8H,1-4H3,(H,17,18). The number of benzene rings is 1. The lowest BCUT2D eigenvalue weighted by Gasteiger charge is -2.12. The summed E-state index contributed by atoms with van der Waals surface area (Å²) in [6, 6.07) is 5.51. The number of aryl methyl sites for hydroxylation is 2. The zero-order valence-electron chi connectivity index (χ0n) is 11.9. The molecule has 0 aliphatic rings. The van der Waals surface area contributed by atoms with Gasteiger partial charge in [0.05, 0.1) is 6.10 Å². The fourth-order valence-electron chi connectivity index (χ4n) is 1.89. The van der Waals surface area contributed by atoms with E-state index in [0.717, 1.165) is 16.9 Å². The summed E-state index contributed by atoms with van der Waals surface area (Å²) in [4.78, 5) is 15.0. The lowest BCUT2D eigenvalue weighted by atomic mass is 10.1. The van der Waals surface area contributed by atoms with Crippen LogP contribution in [0.5, 0.6) is 5.75 Å². The molecular formula is C15H17NO4. The molecule has 1 N–H and O–H groups in total. The van der Waals surface area contributed by atoms with E-state index >= 15 is 0 Å². The highest BCUT2D eigenvalue weighted by Gasteiger charge is 2.17. The number of nitrogens with zero attached hydrogens (tertiary/aromatic N) is 1. The topological polar surface area (TPSA) is 72.6 Å². The third-order valence-electron chi connectivity index (χ3n) is 2.78. The van der Waals surface area contributed by atoms with E-state index in [1.165, 1.54) is 0 Å². The summed E-state index contributed by atoms with van der Waals surface area (Å²) in [5.41, 5.74) is 1.62. The average Bonchev–Trinajstić information content (AvgIpc) is 2.73. The van der Waals surface area contributed by atoms with Gasteiger partial charge in [-0.25, -0.2) is 9.78 Å². The molecule has 0 amide bonds. The second-order valence-electron chi connectivity index (χ2n) is 4.88. The molecule has 1 aromatic heterocycles. The Hall–Kier alpha value is -2.30. The van der Waals surface area contributed by atoms with Gasteiger partial charge in [0.2, 0.25) is 5.89 Å². The van der Waals surface area contributed by atoms with E-state index < -0.39 is 5.97 Å². The number of aromatic carboxylic acids is 1. The van der Waals surface area contributed by atoms with E-state index in [1.54, 1.807) is 6.92 Å². The van der Waals surface area contributed by atoms with Gasteiger partial charge in [-0.2, -0.15) is 0 Å². The number of aromatic nitrogens is 1. The first kappa shape index (κ1) is 14.1. The van der Waals surface area contributed by atoms with Crippen LogP contribution in [-0.4, -0.2) is 22.2 Å². The van der Waals surface area contributed by atoms with Crippen LogP contribution in [0.25, 0.3) is 11.5 Å². The number of hydrogen-bond donors (Lipinski definition) is 1. The molecule has 0 aliphatic heterocycles. The maximum absolute atomic E-state index is 11.0. The zero-order valence-corrected chi connectivity index (χ0v) is 11.9. The van der Waals surface area contributed by atoms with Gasteiger partial charge in [-0.3, -0.25) is 0 Å². The van der Waals surface area contributed by atoms with Crippen molar-refractivity contribution in [3.05, 3.63) is 35.2 Å². The molecule has 5 heteroatoms. The van der Waals surface area contributed by atoms with Crippen molar-refractivity contribution in [3.8, 4) is 17.2 Å². The monoisotopic (exact) mass is 275 g/mol. The van der Waals surface area contributed by atoms with Crippen LogP contribution in [0.4, 0.5) is 0 Å². The molecule has 2 rings (SSSR count). The minimum atomic E-state index is -1.09. The molecule has 0 saturated carbocycles. The molecule has 1 heterocycles. The van der Waals surface area contributed by atoms with Crippen molar-refractivity contribution in [3.63, 3.8) is 0 Å². The van der Waals surface area contributed by atoms with E-state index in [-0.39, 0.29) is 11.8 Å². The number of ether oxygens (including phenoxy) is 1. The largest absolute Gasteiger partial charge is 0.491 e. The van der Waals surface area contributed by atoms with Crippen molar-refractivity contribution in [1.82, 2.24) is 4.98 Å². The normalized spacial score (nSPS) is 10.8. The Bertz CT molecular complexity index is 643. The zero-order chi connectivity index (χ0) is 14.9. The summed E-state index contributed by atoms with van der Waals surface area (Å²) in [6.45, 7) is 7.44. The molecule has 0 fully saturated rings. The SMILES string of the molecule is Cc1cc(-c2nc(C(=O)O)c(C)o2)ccc1OC(C)C. The van der Waals surface area contributed by atoms with Crippen molar-refractivity contribution in [1.29, 1.82) is 0 Å². The van der Waals surface area contributed by atoms with Crippen LogP contribution in [0.2, 0.25) is 0 Å². The fraction of sp³-hybridized carbons (Fsp3) is 0.333. The minimum Gasteiger partial charge on any atom is -0.491 e. The molecule has 0 atom stereocenters. The first-order valence-corrected chi connectivity index (χ1v) is 6.37. The number of carbonyl (C=O) groups is 1. The summed E-state index contributed by atoms with van der Waals surface area (Å²) in [5.74, 6) is 0.311. The average molecular weight is 275 g/mol. The van der Waals surface area contributed by atoms with E-state index in [1.807, 2.05) is 39.0 Å². The van der Waals surface area contributed by atoms with Crippen molar-refractivity contribution in [2.45, 2.75) is 33.8 Å². The Morgan fingerprint density at radius 3 is 2.55 bits per heavy atom. The van der Waals surface area contributed by atoms with Gasteiger partial charge in [-0.15, -0.1) is 0 Å². The van der Waals surface area contributed by atoms with Crippen LogP contribution in [-0.2, 0) is 0 Å². The van der Waals surface area contributed by atoms with Crippen molar-refractivity contribution in [2.75, 3.05) is 0 Å². The van der Waals surface area contributed by atoms with E-state index in [0.29, 0.717) is 11.7 Å². The van der Waals surface area contributed by atoms with Crippen molar-refractivity contribution < 1.29 is 19.1 Å². The van der Waals surface area contributed by atoms with Crippen molar-refractivity contribution in [2.24, 2.45) is 0 Å². The minimum absolute atomic E-state index is 0.0554. The second kappa shape index (κ2) is 5.36. The maximum Gasteiger partial charge on any atom is 0.358 e. The summed E-state index contributed by atoms with van der Waals surface area (Å²) in [5, 5.41) is 8.98.